The smallest absolute Gasteiger partial charge is 0.246 e. The molecule has 0 radical (unpaired) electrons. The molecule has 0 unspecified atom stereocenters. The van der Waals surface area contributed by atoms with Crippen molar-refractivity contribution in [3.63, 3.8) is 0 Å². The Morgan fingerprint density at radius 1 is 1.08 bits per heavy atom. The van der Waals surface area contributed by atoms with Gasteiger partial charge in [-0.05, 0) is 18.1 Å². The van der Waals surface area contributed by atoms with Crippen molar-refractivity contribution in [3.05, 3.63) is 71.3 Å². The lowest BCUT2D eigenvalue weighted by Crippen LogP contribution is -2.47. The maximum absolute atomic E-state index is 12.0. The zero-order valence-electron chi connectivity index (χ0n) is 13.7. The molecule has 0 aliphatic carbocycles. The SMILES string of the molecule is Cc1cccc(C[C@H](NC(=O)COCc2ccccc2)C(N)=O)c1. The van der Waals surface area contributed by atoms with E-state index in [0.717, 1.165) is 16.7 Å². The number of nitrogens with one attached hydrogen (secondary N) is 1. The van der Waals surface area contributed by atoms with E-state index in [1.807, 2.05) is 61.5 Å². The fourth-order valence-corrected chi connectivity index (χ4v) is 2.37. The van der Waals surface area contributed by atoms with Crippen molar-refractivity contribution in [2.75, 3.05) is 6.61 Å². The van der Waals surface area contributed by atoms with Crippen LogP contribution in [0.4, 0.5) is 0 Å². The zero-order chi connectivity index (χ0) is 17.4. The Bertz CT molecular complexity index is 686. The quantitative estimate of drug-likeness (QED) is 0.775. The highest BCUT2D eigenvalue weighted by Crippen LogP contribution is 2.07. The first-order chi connectivity index (χ1) is 11.5. The highest BCUT2D eigenvalue weighted by atomic mass is 16.5. The van der Waals surface area contributed by atoms with Crippen LogP contribution < -0.4 is 11.1 Å². The molecule has 5 heteroatoms. The van der Waals surface area contributed by atoms with Gasteiger partial charge in [0, 0.05) is 6.42 Å². The Hall–Kier alpha value is -2.66. The van der Waals surface area contributed by atoms with Gasteiger partial charge in [0.05, 0.1) is 6.61 Å². The summed E-state index contributed by atoms with van der Waals surface area (Å²) in [6, 6.07) is 16.6. The lowest BCUT2D eigenvalue weighted by atomic mass is 10.0. The molecule has 2 rings (SSSR count). The molecule has 5 nitrogen and oxygen atoms in total. The van der Waals surface area contributed by atoms with Crippen molar-refractivity contribution < 1.29 is 14.3 Å². The summed E-state index contributed by atoms with van der Waals surface area (Å²) in [6.45, 7) is 2.19. The van der Waals surface area contributed by atoms with Gasteiger partial charge in [0.25, 0.3) is 0 Å². The predicted octanol–water partition coefficient (Wildman–Crippen LogP) is 1.72. The number of amides is 2. The first-order valence-corrected chi connectivity index (χ1v) is 7.80. The van der Waals surface area contributed by atoms with Crippen LogP contribution in [0.3, 0.4) is 0 Å². The van der Waals surface area contributed by atoms with Crippen molar-refractivity contribution in [2.24, 2.45) is 5.73 Å². The van der Waals surface area contributed by atoms with Gasteiger partial charge in [-0.15, -0.1) is 0 Å². The van der Waals surface area contributed by atoms with Gasteiger partial charge in [-0.3, -0.25) is 9.59 Å². The molecule has 2 aromatic rings. The number of primary amides is 1. The third-order valence-corrected chi connectivity index (χ3v) is 3.55. The van der Waals surface area contributed by atoms with E-state index in [-0.39, 0.29) is 12.5 Å². The third kappa shape index (κ3) is 5.85. The lowest BCUT2D eigenvalue weighted by Gasteiger charge is -2.16. The highest BCUT2D eigenvalue weighted by Gasteiger charge is 2.18. The fourth-order valence-electron chi connectivity index (χ4n) is 2.37. The molecule has 3 N–H and O–H groups in total. The summed E-state index contributed by atoms with van der Waals surface area (Å²) in [5, 5.41) is 2.63. The van der Waals surface area contributed by atoms with Crippen molar-refractivity contribution in [2.45, 2.75) is 26.0 Å². The number of rotatable bonds is 8. The number of hydrogen-bond acceptors (Lipinski definition) is 3. The molecule has 0 bridgehead atoms. The first-order valence-electron chi connectivity index (χ1n) is 7.80. The normalized spacial score (nSPS) is 11.7. The molecule has 0 aromatic heterocycles. The number of benzene rings is 2. The van der Waals surface area contributed by atoms with Gasteiger partial charge < -0.3 is 15.8 Å². The number of nitrogens with two attached hydrogens (primary N) is 1. The summed E-state index contributed by atoms with van der Waals surface area (Å²) in [6.07, 6.45) is 0.363. The fraction of sp³-hybridized carbons (Fsp3) is 0.263. The second kappa shape index (κ2) is 8.84. The minimum atomic E-state index is -0.750. The second-order valence-electron chi connectivity index (χ2n) is 5.69. The number of ether oxygens (including phenoxy) is 1. The Labute approximate surface area is 141 Å². The predicted molar refractivity (Wildman–Crippen MR) is 92.1 cm³/mol. The van der Waals surface area contributed by atoms with Crippen molar-refractivity contribution >= 4 is 11.8 Å². The van der Waals surface area contributed by atoms with E-state index in [0.29, 0.717) is 13.0 Å². The van der Waals surface area contributed by atoms with E-state index in [4.69, 9.17) is 10.5 Å². The number of aryl methyl sites for hydroxylation is 1. The molecule has 0 fully saturated rings. The summed E-state index contributed by atoms with van der Waals surface area (Å²) in [4.78, 5) is 23.5. The maximum Gasteiger partial charge on any atom is 0.246 e. The molecule has 1 atom stereocenters. The van der Waals surface area contributed by atoms with Crippen LogP contribution in [0.5, 0.6) is 0 Å². The van der Waals surface area contributed by atoms with Crippen LogP contribution in [0.25, 0.3) is 0 Å². The monoisotopic (exact) mass is 326 g/mol. The van der Waals surface area contributed by atoms with Gasteiger partial charge in [-0.2, -0.15) is 0 Å². The Kier molecular flexibility index (Phi) is 6.51. The molecule has 0 aliphatic heterocycles. The molecule has 126 valence electrons. The molecular formula is C19H22N2O3. The Morgan fingerprint density at radius 3 is 2.46 bits per heavy atom. The number of hydrogen-bond donors (Lipinski definition) is 2. The molecule has 2 aromatic carbocycles. The standard InChI is InChI=1S/C19H22N2O3/c1-14-6-5-9-16(10-14)11-17(19(20)23)21-18(22)13-24-12-15-7-3-2-4-8-15/h2-10,17H,11-13H2,1H3,(H2,20,23)(H,21,22)/t17-/m0/s1. The van der Waals surface area contributed by atoms with Gasteiger partial charge >= 0.3 is 0 Å². The van der Waals surface area contributed by atoms with Gasteiger partial charge in [0.2, 0.25) is 11.8 Å². The summed E-state index contributed by atoms with van der Waals surface area (Å²) in [5.41, 5.74) is 8.42. The van der Waals surface area contributed by atoms with Crippen molar-refractivity contribution in [3.8, 4) is 0 Å². The summed E-state index contributed by atoms with van der Waals surface area (Å²) in [5.74, 6) is -0.921. The average Bonchev–Trinajstić information content (AvgIpc) is 2.55. The molecule has 24 heavy (non-hydrogen) atoms. The van der Waals surface area contributed by atoms with Crippen molar-refractivity contribution in [1.82, 2.24) is 5.32 Å². The molecule has 0 saturated heterocycles. The van der Waals surface area contributed by atoms with Crippen LogP contribution in [-0.2, 0) is 27.4 Å². The van der Waals surface area contributed by atoms with Crippen LogP contribution >= 0.6 is 0 Å². The molecule has 2 amide bonds. The largest absolute Gasteiger partial charge is 0.368 e. The van der Waals surface area contributed by atoms with Gasteiger partial charge in [0.15, 0.2) is 0 Å². The third-order valence-electron chi connectivity index (χ3n) is 3.55. The minimum Gasteiger partial charge on any atom is -0.368 e. The van der Waals surface area contributed by atoms with E-state index < -0.39 is 11.9 Å². The molecule has 0 spiro atoms. The van der Waals surface area contributed by atoms with E-state index in [1.54, 1.807) is 0 Å². The molecule has 0 aliphatic rings. The maximum atomic E-state index is 12.0. The molecule has 0 saturated carbocycles. The van der Waals surface area contributed by atoms with Gasteiger partial charge in [-0.1, -0.05) is 60.2 Å². The second-order valence-corrected chi connectivity index (χ2v) is 5.69. The van der Waals surface area contributed by atoms with Crippen LogP contribution in [0, 0.1) is 6.92 Å². The Morgan fingerprint density at radius 2 is 1.79 bits per heavy atom. The van der Waals surface area contributed by atoms with E-state index in [2.05, 4.69) is 5.32 Å². The van der Waals surface area contributed by atoms with Gasteiger partial charge in [0.1, 0.15) is 12.6 Å². The molecule has 0 heterocycles. The van der Waals surface area contributed by atoms with E-state index >= 15 is 0 Å². The van der Waals surface area contributed by atoms with E-state index in [9.17, 15) is 9.59 Å². The van der Waals surface area contributed by atoms with Crippen molar-refractivity contribution in [1.29, 1.82) is 0 Å². The highest BCUT2D eigenvalue weighted by molar-refractivity contribution is 5.87. The van der Waals surface area contributed by atoms with Crippen LogP contribution in [-0.4, -0.2) is 24.5 Å². The lowest BCUT2D eigenvalue weighted by molar-refractivity contribution is -0.130. The van der Waals surface area contributed by atoms with Crippen LogP contribution in [0.15, 0.2) is 54.6 Å². The summed E-state index contributed by atoms with van der Waals surface area (Å²) >= 11 is 0. The van der Waals surface area contributed by atoms with Gasteiger partial charge in [-0.25, -0.2) is 0 Å². The molecular weight excluding hydrogens is 304 g/mol. The van der Waals surface area contributed by atoms with Crippen LogP contribution in [0.1, 0.15) is 16.7 Å². The van der Waals surface area contributed by atoms with E-state index in [1.165, 1.54) is 0 Å². The Balaban J connectivity index is 1.83. The first kappa shape index (κ1) is 17.7. The number of carbonyl (C=O) groups is 2. The minimum absolute atomic E-state index is 0.119. The zero-order valence-corrected chi connectivity index (χ0v) is 13.7. The number of carbonyl (C=O) groups excluding carboxylic acids is 2. The topological polar surface area (TPSA) is 81.4 Å². The van der Waals surface area contributed by atoms with Crippen LogP contribution in [0.2, 0.25) is 0 Å². The average molecular weight is 326 g/mol. The summed E-state index contributed by atoms with van der Waals surface area (Å²) < 4.78 is 5.37. The summed E-state index contributed by atoms with van der Waals surface area (Å²) in [7, 11) is 0.